The largest absolute Gasteiger partial charge is 0.457 e. The van der Waals surface area contributed by atoms with Gasteiger partial charge in [-0.1, -0.05) is 12.1 Å². The fraction of sp³-hybridized carbons (Fsp3) is 0.200. The molecule has 28 heavy (non-hydrogen) atoms. The quantitative estimate of drug-likeness (QED) is 0.701. The summed E-state index contributed by atoms with van der Waals surface area (Å²) in [5.74, 6) is 0.561. The van der Waals surface area contributed by atoms with E-state index in [1.807, 2.05) is 6.92 Å². The van der Waals surface area contributed by atoms with Crippen LogP contribution in [-0.2, 0) is 19.8 Å². The van der Waals surface area contributed by atoms with Gasteiger partial charge in [0.05, 0.1) is 11.3 Å². The van der Waals surface area contributed by atoms with Gasteiger partial charge in [0, 0.05) is 13.6 Å². The number of benzene rings is 2. The first-order valence-corrected chi connectivity index (χ1v) is 8.45. The molecule has 1 aromatic heterocycles. The molecule has 0 aliphatic carbocycles. The van der Waals surface area contributed by atoms with Crippen LogP contribution in [0.1, 0.15) is 27.3 Å². The minimum atomic E-state index is -4.38. The number of carbonyl (C=O) groups excluding carboxylic acids is 1. The topological polar surface area (TPSA) is 56.1 Å². The first kappa shape index (κ1) is 19.5. The summed E-state index contributed by atoms with van der Waals surface area (Å²) in [7, 11) is 1.70. The maximum absolute atomic E-state index is 12.6. The van der Waals surface area contributed by atoms with Crippen molar-refractivity contribution >= 4 is 5.91 Å². The van der Waals surface area contributed by atoms with Gasteiger partial charge >= 0.3 is 6.18 Å². The highest BCUT2D eigenvalue weighted by atomic mass is 19.4. The average molecular weight is 389 g/mol. The predicted molar refractivity (Wildman–Crippen MR) is 97.1 cm³/mol. The van der Waals surface area contributed by atoms with Gasteiger partial charge in [0.2, 0.25) is 0 Å². The van der Waals surface area contributed by atoms with Crippen LogP contribution in [0.5, 0.6) is 11.5 Å². The summed E-state index contributed by atoms with van der Waals surface area (Å²) in [5, 5.41) is 6.95. The molecule has 146 valence electrons. The Morgan fingerprint density at radius 1 is 1.07 bits per heavy atom. The minimum Gasteiger partial charge on any atom is -0.457 e. The fourth-order valence-electron chi connectivity index (χ4n) is 2.62. The van der Waals surface area contributed by atoms with Gasteiger partial charge in [0.25, 0.3) is 5.91 Å². The number of aromatic nitrogens is 2. The van der Waals surface area contributed by atoms with Crippen LogP contribution in [0.2, 0.25) is 0 Å². The molecule has 1 heterocycles. The molecule has 0 aliphatic heterocycles. The van der Waals surface area contributed by atoms with E-state index in [4.69, 9.17) is 4.74 Å². The number of rotatable bonds is 5. The number of amides is 1. The molecule has 1 amide bonds. The van der Waals surface area contributed by atoms with Gasteiger partial charge in [-0.25, -0.2) is 0 Å². The number of aryl methyl sites for hydroxylation is 2. The predicted octanol–water partition coefficient (Wildman–Crippen LogP) is 4.47. The van der Waals surface area contributed by atoms with E-state index in [1.54, 1.807) is 37.4 Å². The molecule has 2 aromatic carbocycles. The second-order valence-corrected chi connectivity index (χ2v) is 6.25. The van der Waals surface area contributed by atoms with E-state index in [9.17, 15) is 18.0 Å². The lowest BCUT2D eigenvalue weighted by Crippen LogP contribution is -2.25. The average Bonchev–Trinajstić information content (AvgIpc) is 2.99. The Balaban J connectivity index is 1.57. The number of ether oxygens (including phenoxy) is 1. The van der Waals surface area contributed by atoms with Crippen molar-refractivity contribution in [2.75, 3.05) is 0 Å². The summed E-state index contributed by atoms with van der Waals surface area (Å²) in [6.07, 6.45) is -4.38. The van der Waals surface area contributed by atoms with E-state index in [2.05, 4.69) is 10.4 Å². The Hall–Kier alpha value is -3.29. The summed E-state index contributed by atoms with van der Waals surface area (Å²) in [6, 6.07) is 13.1. The van der Waals surface area contributed by atoms with E-state index in [0.717, 1.165) is 23.4 Å². The van der Waals surface area contributed by atoms with Crippen LogP contribution in [0.25, 0.3) is 0 Å². The number of hydrogen-bond donors (Lipinski definition) is 1. The van der Waals surface area contributed by atoms with Gasteiger partial charge in [-0.05, 0) is 55.0 Å². The summed E-state index contributed by atoms with van der Waals surface area (Å²) < 4.78 is 44.8. The van der Waals surface area contributed by atoms with Gasteiger partial charge in [-0.15, -0.1) is 0 Å². The molecule has 0 fully saturated rings. The van der Waals surface area contributed by atoms with Crippen LogP contribution in [0, 0.1) is 6.92 Å². The molecule has 3 aromatic rings. The van der Waals surface area contributed by atoms with Crippen molar-refractivity contribution in [2.24, 2.45) is 7.05 Å². The van der Waals surface area contributed by atoms with Crippen molar-refractivity contribution in [3.8, 4) is 11.5 Å². The third-order valence-electron chi connectivity index (χ3n) is 4.03. The van der Waals surface area contributed by atoms with Crippen molar-refractivity contribution in [1.29, 1.82) is 0 Å². The van der Waals surface area contributed by atoms with Gasteiger partial charge in [0.1, 0.15) is 17.2 Å². The zero-order valence-electron chi connectivity index (χ0n) is 15.2. The highest BCUT2D eigenvalue weighted by Crippen LogP contribution is 2.31. The SMILES string of the molecule is Cc1cc(C(=O)NCc2ccc(Oc3ccc(C(F)(F)F)cc3)cc2)n(C)n1. The van der Waals surface area contributed by atoms with E-state index in [1.165, 1.54) is 16.8 Å². The van der Waals surface area contributed by atoms with Gasteiger partial charge < -0.3 is 10.1 Å². The zero-order chi connectivity index (χ0) is 20.3. The van der Waals surface area contributed by atoms with Crippen LogP contribution in [-0.4, -0.2) is 15.7 Å². The van der Waals surface area contributed by atoms with Crippen molar-refractivity contribution in [2.45, 2.75) is 19.6 Å². The Bertz CT molecular complexity index is 962. The molecular formula is C20H18F3N3O2. The van der Waals surface area contributed by atoms with Crippen molar-refractivity contribution < 1.29 is 22.7 Å². The molecule has 0 unspecified atom stereocenters. The van der Waals surface area contributed by atoms with E-state index in [-0.39, 0.29) is 5.91 Å². The Labute approximate surface area is 159 Å². The van der Waals surface area contributed by atoms with Crippen LogP contribution in [0.3, 0.4) is 0 Å². The fourth-order valence-corrected chi connectivity index (χ4v) is 2.62. The minimum absolute atomic E-state index is 0.229. The first-order valence-electron chi connectivity index (χ1n) is 8.45. The van der Waals surface area contributed by atoms with Crippen molar-refractivity contribution in [1.82, 2.24) is 15.1 Å². The summed E-state index contributed by atoms with van der Waals surface area (Å²) in [6.45, 7) is 2.13. The van der Waals surface area contributed by atoms with Crippen molar-refractivity contribution in [3.63, 3.8) is 0 Å². The lowest BCUT2D eigenvalue weighted by Gasteiger charge is -2.10. The smallest absolute Gasteiger partial charge is 0.416 e. The number of halogens is 3. The lowest BCUT2D eigenvalue weighted by atomic mass is 10.2. The van der Waals surface area contributed by atoms with Crippen molar-refractivity contribution in [3.05, 3.63) is 77.1 Å². The van der Waals surface area contributed by atoms with E-state index < -0.39 is 11.7 Å². The summed E-state index contributed by atoms with van der Waals surface area (Å²) >= 11 is 0. The van der Waals surface area contributed by atoms with Gasteiger partial charge in [-0.2, -0.15) is 18.3 Å². The molecule has 0 atom stereocenters. The standard InChI is InChI=1S/C20H18F3N3O2/c1-13-11-18(26(2)25-13)19(27)24-12-14-3-7-16(8-4-14)28-17-9-5-15(6-10-17)20(21,22)23/h3-11H,12H2,1-2H3,(H,24,27). The van der Waals surface area contributed by atoms with Crippen LogP contribution < -0.4 is 10.1 Å². The second kappa shape index (κ2) is 7.75. The first-order chi connectivity index (χ1) is 13.2. The zero-order valence-corrected chi connectivity index (χ0v) is 15.2. The Morgan fingerprint density at radius 2 is 1.64 bits per heavy atom. The molecule has 8 heteroatoms. The highest BCUT2D eigenvalue weighted by molar-refractivity contribution is 5.92. The maximum atomic E-state index is 12.6. The Kier molecular flexibility index (Phi) is 5.39. The molecule has 1 N–H and O–H groups in total. The molecule has 0 radical (unpaired) electrons. The second-order valence-electron chi connectivity index (χ2n) is 6.25. The molecule has 0 bridgehead atoms. The highest BCUT2D eigenvalue weighted by Gasteiger charge is 2.30. The third kappa shape index (κ3) is 4.70. The molecule has 0 saturated heterocycles. The molecule has 0 spiro atoms. The molecule has 3 rings (SSSR count). The number of alkyl halides is 3. The maximum Gasteiger partial charge on any atom is 0.416 e. The van der Waals surface area contributed by atoms with E-state index in [0.29, 0.717) is 23.7 Å². The monoisotopic (exact) mass is 389 g/mol. The van der Waals surface area contributed by atoms with E-state index >= 15 is 0 Å². The summed E-state index contributed by atoms with van der Waals surface area (Å²) in [5.41, 5.74) is 1.36. The molecular weight excluding hydrogens is 371 g/mol. The summed E-state index contributed by atoms with van der Waals surface area (Å²) in [4.78, 5) is 12.2. The molecule has 5 nitrogen and oxygen atoms in total. The third-order valence-corrected chi connectivity index (χ3v) is 4.03. The van der Waals surface area contributed by atoms with Gasteiger partial charge in [-0.3, -0.25) is 9.48 Å². The number of carbonyl (C=O) groups is 1. The number of nitrogens with one attached hydrogen (secondary N) is 1. The molecule has 0 saturated carbocycles. The normalized spacial score (nSPS) is 11.3. The Morgan fingerprint density at radius 3 is 2.14 bits per heavy atom. The van der Waals surface area contributed by atoms with Crippen LogP contribution >= 0.6 is 0 Å². The molecule has 0 aliphatic rings. The van der Waals surface area contributed by atoms with Gasteiger partial charge in [0.15, 0.2) is 0 Å². The lowest BCUT2D eigenvalue weighted by molar-refractivity contribution is -0.137. The van der Waals surface area contributed by atoms with Crippen LogP contribution in [0.4, 0.5) is 13.2 Å². The van der Waals surface area contributed by atoms with Crippen LogP contribution in [0.15, 0.2) is 54.6 Å². The number of nitrogens with zero attached hydrogens (tertiary/aromatic N) is 2. The number of hydrogen-bond acceptors (Lipinski definition) is 3.